The Balaban J connectivity index is 2.24. The van der Waals surface area contributed by atoms with E-state index in [9.17, 15) is 9.59 Å². The maximum atomic E-state index is 13.0. The second kappa shape index (κ2) is 9.21. The average molecular weight is 384 g/mol. The molecule has 1 aliphatic heterocycles. The predicted molar refractivity (Wildman–Crippen MR) is 99.1 cm³/mol. The zero-order chi connectivity index (χ0) is 19.2. The quantitative estimate of drug-likeness (QED) is 0.745. The monoisotopic (exact) mass is 383 g/mol. The molecular weight excluding hydrogens is 358 g/mol. The Morgan fingerprint density at radius 3 is 2.62 bits per heavy atom. The van der Waals surface area contributed by atoms with Crippen molar-refractivity contribution in [2.24, 2.45) is 5.73 Å². The highest BCUT2D eigenvalue weighted by atomic mass is 35.5. The molecule has 8 heteroatoms. The lowest BCUT2D eigenvalue weighted by Gasteiger charge is -2.46. The van der Waals surface area contributed by atoms with Gasteiger partial charge < -0.3 is 25.4 Å². The number of methoxy groups -OCH3 is 1. The van der Waals surface area contributed by atoms with Crippen LogP contribution in [0.15, 0.2) is 24.3 Å². The summed E-state index contributed by atoms with van der Waals surface area (Å²) in [7, 11) is 3.18. The molecule has 144 valence electrons. The summed E-state index contributed by atoms with van der Waals surface area (Å²) in [6.07, 6.45) is 0.377. The molecule has 0 saturated carbocycles. The molecule has 1 aliphatic rings. The van der Waals surface area contributed by atoms with Crippen LogP contribution in [0.5, 0.6) is 0 Å². The van der Waals surface area contributed by atoms with Crippen LogP contribution in [0.2, 0.25) is 5.02 Å². The first-order valence-electron chi connectivity index (χ1n) is 8.56. The molecule has 1 heterocycles. The number of likely N-dealkylation sites (N-methyl/N-ethyl adjacent to an activating group) is 1. The fourth-order valence-electron chi connectivity index (χ4n) is 3.39. The molecule has 26 heavy (non-hydrogen) atoms. The third-order valence-electron chi connectivity index (χ3n) is 4.79. The van der Waals surface area contributed by atoms with Gasteiger partial charge in [-0.1, -0.05) is 23.7 Å². The van der Waals surface area contributed by atoms with E-state index in [1.54, 1.807) is 11.9 Å². The standard InChI is InChI=1S/C18H26ClN3O4/c1-22(16(23)15(11-25-2)26-17(20)24)18(8-3-9-21-12-18)10-13-4-6-14(19)7-5-13/h4-7,15,21H,3,8-12H2,1-2H3,(H2,20,24)/t15-,18+/m0/s1. The van der Waals surface area contributed by atoms with Crippen molar-refractivity contribution in [1.82, 2.24) is 10.2 Å². The summed E-state index contributed by atoms with van der Waals surface area (Å²) in [5.74, 6) is -0.330. The fourth-order valence-corrected chi connectivity index (χ4v) is 3.51. The van der Waals surface area contributed by atoms with Crippen molar-refractivity contribution >= 4 is 23.6 Å². The Hall–Kier alpha value is -1.83. The normalized spacial score (nSPS) is 21.0. The van der Waals surface area contributed by atoms with Crippen molar-refractivity contribution in [3.8, 4) is 0 Å². The van der Waals surface area contributed by atoms with Crippen LogP contribution in [0, 0.1) is 0 Å². The number of nitrogens with zero attached hydrogens (tertiary/aromatic N) is 1. The minimum absolute atomic E-state index is 0.0451. The van der Waals surface area contributed by atoms with E-state index in [2.05, 4.69) is 5.32 Å². The van der Waals surface area contributed by atoms with Gasteiger partial charge in [0.25, 0.3) is 5.91 Å². The predicted octanol–water partition coefficient (Wildman–Crippen LogP) is 1.57. The number of nitrogens with one attached hydrogen (secondary N) is 1. The number of halogens is 1. The molecule has 1 fully saturated rings. The molecule has 0 aromatic heterocycles. The number of hydrogen-bond acceptors (Lipinski definition) is 5. The summed E-state index contributed by atoms with van der Waals surface area (Å²) in [5.41, 5.74) is 5.74. The fraction of sp³-hybridized carbons (Fsp3) is 0.556. The Morgan fingerprint density at radius 2 is 2.08 bits per heavy atom. The molecule has 2 atom stereocenters. The van der Waals surface area contributed by atoms with Crippen molar-refractivity contribution in [2.75, 3.05) is 33.9 Å². The van der Waals surface area contributed by atoms with E-state index >= 15 is 0 Å². The van der Waals surface area contributed by atoms with Gasteiger partial charge in [-0.05, 0) is 43.5 Å². The molecule has 1 aromatic carbocycles. The van der Waals surface area contributed by atoms with Crippen molar-refractivity contribution in [2.45, 2.75) is 30.9 Å². The Kier molecular flexibility index (Phi) is 7.25. The summed E-state index contributed by atoms with van der Waals surface area (Å²) in [6, 6.07) is 7.60. The minimum Gasteiger partial charge on any atom is -0.434 e. The van der Waals surface area contributed by atoms with Crippen LogP contribution < -0.4 is 11.1 Å². The highest BCUT2D eigenvalue weighted by Crippen LogP contribution is 2.29. The van der Waals surface area contributed by atoms with Gasteiger partial charge in [0.05, 0.1) is 12.1 Å². The van der Waals surface area contributed by atoms with Crippen molar-refractivity contribution in [3.05, 3.63) is 34.9 Å². The molecule has 1 saturated heterocycles. The van der Waals surface area contributed by atoms with Gasteiger partial charge in [-0.25, -0.2) is 4.79 Å². The molecule has 7 nitrogen and oxygen atoms in total. The van der Waals surface area contributed by atoms with E-state index in [4.69, 9.17) is 26.8 Å². The molecule has 0 radical (unpaired) electrons. The summed E-state index contributed by atoms with van der Waals surface area (Å²) in [4.78, 5) is 25.8. The lowest BCUT2D eigenvalue weighted by Crippen LogP contribution is -2.62. The van der Waals surface area contributed by atoms with Crippen LogP contribution in [-0.4, -0.2) is 62.4 Å². The number of nitrogens with two attached hydrogens (primary N) is 1. The molecule has 1 aromatic rings. The third kappa shape index (κ3) is 5.09. The molecule has 2 rings (SSSR count). The summed E-state index contributed by atoms with van der Waals surface area (Å²) in [5, 5.41) is 4.04. The van der Waals surface area contributed by atoms with Crippen LogP contribution in [0.1, 0.15) is 18.4 Å². The maximum absolute atomic E-state index is 13.0. The maximum Gasteiger partial charge on any atom is 0.405 e. The van der Waals surface area contributed by atoms with E-state index in [0.29, 0.717) is 18.0 Å². The third-order valence-corrected chi connectivity index (χ3v) is 5.04. The van der Waals surface area contributed by atoms with E-state index < -0.39 is 17.7 Å². The Morgan fingerprint density at radius 1 is 1.38 bits per heavy atom. The van der Waals surface area contributed by atoms with Gasteiger partial charge in [-0.15, -0.1) is 0 Å². The zero-order valence-corrected chi connectivity index (χ0v) is 15.9. The van der Waals surface area contributed by atoms with E-state index in [0.717, 1.165) is 24.9 Å². The van der Waals surface area contributed by atoms with E-state index in [1.165, 1.54) is 7.11 Å². The van der Waals surface area contributed by atoms with E-state index in [-0.39, 0.29) is 12.5 Å². The van der Waals surface area contributed by atoms with Crippen molar-refractivity contribution in [3.63, 3.8) is 0 Å². The summed E-state index contributed by atoms with van der Waals surface area (Å²) in [6.45, 7) is 1.51. The van der Waals surface area contributed by atoms with Gasteiger partial charge >= 0.3 is 6.09 Å². The molecule has 0 spiro atoms. The largest absolute Gasteiger partial charge is 0.434 e. The zero-order valence-electron chi connectivity index (χ0n) is 15.2. The van der Waals surface area contributed by atoms with Crippen molar-refractivity contribution < 1.29 is 19.1 Å². The topological polar surface area (TPSA) is 93.9 Å². The number of benzene rings is 1. The number of ether oxygens (including phenoxy) is 2. The van der Waals surface area contributed by atoms with Gasteiger partial charge in [0, 0.05) is 25.7 Å². The van der Waals surface area contributed by atoms with Gasteiger partial charge in [-0.2, -0.15) is 0 Å². The summed E-state index contributed by atoms with van der Waals surface area (Å²) >= 11 is 5.98. The molecule has 2 amide bonds. The molecule has 0 unspecified atom stereocenters. The first-order chi connectivity index (χ1) is 12.4. The SMILES string of the molecule is COC[C@H](OC(N)=O)C(=O)N(C)[C@@]1(Cc2ccc(Cl)cc2)CCCNC1. The number of amides is 2. The van der Waals surface area contributed by atoms with Crippen LogP contribution in [-0.2, 0) is 20.7 Å². The van der Waals surface area contributed by atoms with Crippen LogP contribution in [0.25, 0.3) is 0 Å². The van der Waals surface area contributed by atoms with Crippen LogP contribution in [0.3, 0.4) is 0 Å². The highest BCUT2D eigenvalue weighted by molar-refractivity contribution is 6.30. The van der Waals surface area contributed by atoms with Crippen LogP contribution in [0.4, 0.5) is 4.79 Å². The summed E-state index contributed by atoms with van der Waals surface area (Å²) < 4.78 is 9.98. The van der Waals surface area contributed by atoms with Crippen LogP contribution >= 0.6 is 11.6 Å². The van der Waals surface area contributed by atoms with E-state index in [1.807, 2.05) is 24.3 Å². The molecular formula is C18H26ClN3O4. The number of rotatable bonds is 7. The first kappa shape index (κ1) is 20.5. The second-order valence-electron chi connectivity index (χ2n) is 6.59. The Labute approximate surface area is 158 Å². The lowest BCUT2D eigenvalue weighted by atomic mass is 9.82. The van der Waals surface area contributed by atoms with Gasteiger partial charge in [0.2, 0.25) is 6.10 Å². The molecule has 0 bridgehead atoms. The number of carbonyl (C=O) groups is 2. The number of hydrogen-bond donors (Lipinski definition) is 2. The molecule has 3 N–H and O–H groups in total. The smallest absolute Gasteiger partial charge is 0.405 e. The van der Waals surface area contributed by atoms with Gasteiger partial charge in [0.1, 0.15) is 0 Å². The van der Waals surface area contributed by atoms with Gasteiger partial charge in [0.15, 0.2) is 0 Å². The average Bonchev–Trinajstić information content (AvgIpc) is 2.62. The number of primary amides is 1. The minimum atomic E-state index is -1.06. The lowest BCUT2D eigenvalue weighted by molar-refractivity contribution is -0.148. The van der Waals surface area contributed by atoms with Crippen molar-refractivity contribution in [1.29, 1.82) is 0 Å². The number of carbonyl (C=O) groups excluding carboxylic acids is 2. The first-order valence-corrected chi connectivity index (χ1v) is 8.93. The highest BCUT2D eigenvalue weighted by Gasteiger charge is 2.41. The second-order valence-corrected chi connectivity index (χ2v) is 7.02. The molecule has 0 aliphatic carbocycles. The Bertz CT molecular complexity index is 617. The van der Waals surface area contributed by atoms with Gasteiger partial charge in [-0.3, -0.25) is 4.79 Å². The number of piperidine rings is 1.